The lowest BCUT2D eigenvalue weighted by Gasteiger charge is -2.34. The highest BCUT2D eigenvalue weighted by molar-refractivity contribution is 5.48. The summed E-state index contributed by atoms with van der Waals surface area (Å²) in [6, 6.07) is 8.56. The van der Waals surface area contributed by atoms with Crippen molar-refractivity contribution in [3.63, 3.8) is 0 Å². The fraction of sp³-hybridized carbons (Fsp3) is 0.500. The lowest BCUT2D eigenvalue weighted by molar-refractivity contribution is 0.0466. The van der Waals surface area contributed by atoms with Gasteiger partial charge in [0.2, 0.25) is 0 Å². The second kappa shape index (κ2) is 4.64. The fourth-order valence-electron chi connectivity index (χ4n) is 1.92. The Morgan fingerprint density at radius 3 is 3.13 bits per heavy atom. The van der Waals surface area contributed by atoms with E-state index in [2.05, 4.69) is 36.1 Å². The van der Waals surface area contributed by atoms with E-state index in [0.29, 0.717) is 6.54 Å². The van der Waals surface area contributed by atoms with Crippen molar-refractivity contribution in [2.75, 3.05) is 31.1 Å². The number of anilines is 1. The number of aryl methyl sites for hydroxylation is 1. The molecule has 3 nitrogen and oxygen atoms in total. The summed E-state index contributed by atoms with van der Waals surface area (Å²) in [4.78, 5) is 2.34. The van der Waals surface area contributed by atoms with Crippen LogP contribution in [0.25, 0.3) is 0 Å². The molecule has 1 aliphatic heterocycles. The largest absolute Gasteiger partial charge is 0.373 e. The minimum absolute atomic E-state index is 0.180. The Hall–Kier alpha value is -1.06. The van der Waals surface area contributed by atoms with Crippen LogP contribution in [0.1, 0.15) is 5.56 Å². The average molecular weight is 206 g/mol. The highest BCUT2D eigenvalue weighted by Gasteiger charge is 2.19. The van der Waals surface area contributed by atoms with Gasteiger partial charge in [0.05, 0.1) is 12.7 Å². The molecule has 0 aliphatic carbocycles. The van der Waals surface area contributed by atoms with Crippen LogP contribution in [0.4, 0.5) is 5.69 Å². The topological polar surface area (TPSA) is 38.5 Å². The van der Waals surface area contributed by atoms with Gasteiger partial charge >= 0.3 is 0 Å². The summed E-state index contributed by atoms with van der Waals surface area (Å²) in [6.45, 7) is 5.35. The van der Waals surface area contributed by atoms with E-state index in [-0.39, 0.29) is 6.10 Å². The highest BCUT2D eigenvalue weighted by atomic mass is 16.5. The second-order valence-electron chi connectivity index (χ2n) is 4.01. The molecule has 1 aromatic carbocycles. The van der Waals surface area contributed by atoms with Gasteiger partial charge in [-0.1, -0.05) is 12.1 Å². The van der Waals surface area contributed by atoms with E-state index in [0.717, 1.165) is 19.7 Å². The van der Waals surface area contributed by atoms with E-state index in [1.165, 1.54) is 11.3 Å². The second-order valence-corrected chi connectivity index (χ2v) is 4.01. The zero-order valence-electron chi connectivity index (χ0n) is 9.15. The quantitative estimate of drug-likeness (QED) is 0.789. The smallest absolute Gasteiger partial charge is 0.0872 e. The maximum Gasteiger partial charge on any atom is 0.0872 e. The minimum Gasteiger partial charge on any atom is -0.373 e. The first-order valence-electron chi connectivity index (χ1n) is 5.43. The Morgan fingerprint density at radius 1 is 1.53 bits per heavy atom. The first-order valence-corrected chi connectivity index (χ1v) is 5.43. The SMILES string of the molecule is Cc1cccc(N2CCOC(CN)C2)c1. The van der Waals surface area contributed by atoms with Gasteiger partial charge in [-0.25, -0.2) is 0 Å². The van der Waals surface area contributed by atoms with Crippen molar-refractivity contribution in [3.05, 3.63) is 29.8 Å². The Balaban J connectivity index is 2.09. The van der Waals surface area contributed by atoms with Crippen LogP contribution in [0.5, 0.6) is 0 Å². The number of ether oxygens (including phenoxy) is 1. The van der Waals surface area contributed by atoms with Crippen LogP contribution in [0, 0.1) is 6.92 Å². The number of morpholine rings is 1. The van der Waals surface area contributed by atoms with E-state index >= 15 is 0 Å². The lowest BCUT2D eigenvalue weighted by atomic mass is 10.2. The predicted molar refractivity (Wildman–Crippen MR) is 62.2 cm³/mol. The molecule has 0 aromatic heterocycles. The van der Waals surface area contributed by atoms with Gasteiger partial charge in [-0.3, -0.25) is 0 Å². The van der Waals surface area contributed by atoms with Crippen LogP contribution < -0.4 is 10.6 Å². The third-order valence-electron chi connectivity index (χ3n) is 2.77. The number of hydrogen-bond acceptors (Lipinski definition) is 3. The lowest BCUT2D eigenvalue weighted by Crippen LogP contribution is -2.45. The molecule has 1 saturated heterocycles. The van der Waals surface area contributed by atoms with Crippen LogP contribution in [-0.4, -0.2) is 32.3 Å². The number of rotatable bonds is 2. The zero-order chi connectivity index (χ0) is 10.7. The van der Waals surface area contributed by atoms with Gasteiger partial charge in [-0.05, 0) is 24.6 Å². The van der Waals surface area contributed by atoms with E-state index in [1.807, 2.05) is 0 Å². The molecule has 0 bridgehead atoms. The molecule has 2 N–H and O–H groups in total. The third-order valence-corrected chi connectivity index (χ3v) is 2.77. The first-order chi connectivity index (χ1) is 7.29. The molecule has 1 atom stereocenters. The van der Waals surface area contributed by atoms with Gasteiger partial charge in [0.1, 0.15) is 0 Å². The summed E-state index contributed by atoms with van der Waals surface area (Å²) in [5.74, 6) is 0. The molecule has 1 unspecified atom stereocenters. The fourth-order valence-corrected chi connectivity index (χ4v) is 1.92. The van der Waals surface area contributed by atoms with Crippen molar-refractivity contribution in [2.45, 2.75) is 13.0 Å². The molecule has 82 valence electrons. The molecule has 0 spiro atoms. The van der Waals surface area contributed by atoms with Crippen molar-refractivity contribution >= 4 is 5.69 Å². The molecule has 2 rings (SSSR count). The summed E-state index contributed by atoms with van der Waals surface area (Å²) in [5.41, 5.74) is 8.19. The zero-order valence-corrected chi connectivity index (χ0v) is 9.15. The van der Waals surface area contributed by atoms with Gasteiger partial charge in [-0.15, -0.1) is 0 Å². The number of benzene rings is 1. The Bertz CT molecular complexity index is 327. The van der Waals surface area contributed by atoms with Crippen LogP contribution in [0.3, 0.4) is 0 Å². The molecule has 0 radical (unpaired) electrons. The molecule has 1 fully saturated rings. The van der Waals surface area contributed by atoms with Crippen molar-refractivity contribution in [2.24, 2.45) is 5.73 Å². The molecule has 1 aromatic rings. The molecule has 3 heteroatoms. The summed E-state index contributed by atoms with van der Waals surface area (Å²) in [7, 11) is 0. The van der Waals surface area contributed by atoms with Crippen molar-refractivity contribution in [3.8, 4) is 0 Å². The van der Waals surface area contributed by atoms with E-state index < -0.39 is 0 Å². The van der Waals surface area contributed by atoms with Crippen molar-refractivity contribution < 1.29 is 4.74 Å². The molecule has 1 heterocycles. The number of nitrogens with two attached hydrogens (primary N) is 1. The predicted octanol–water partition coefficient (Wildman–Crippen LogP) is 1.16. The first kappa shape index (κ1) is 10.5. The summed E-state index contributed by atoms with van der Waals surface area (Å²) < 4.78 is 5.54. The Morgan fingerprint density at radius 2 is 2.40 bits per heavy atom. The molecule has 15 heavy (non-hydrogen) atoms. The molecular weight excluding hydrogens is 188 g/mol. The van der Waals surface area contributed by atoms with E-state index in [4.69, 9.17) is 10.5 Å². The van der Waals surface area contributed by atoms with Gasteiger partial charge in [-0.2, -0.15) is 0 Å². The van der Waals surface area contributed by atoms with Gasteiger partial charge in [0, 0.05) is 25.3 Å². The maximum absolute atomic E-state index is 5.62. The molecule has 1 aliphatic rings. The number of nitrogens with zero attached hydrogens (tertiary/aromatic N) is 1. The van der Waals surface area contributed by atoms with Gasteiger partial charge in [0.15, 0.2) is 0 Å². The van der Waals surface area contributed by atoms with Crippen LogP contribution in [-0.2, 0) is 4.74 Å². The van der Waals surface area contributed by atoms with Crippen LogP contribution in [0.15, 0.2) is 24.3 Å². The standard InChI is InChI=1S/C12H18N2O/c1-10-3-2-4-11(7-10)14-5-6-15-12(8-13)9-14/h2-4,7,12H,5-6,8-9,13H2,1H3. The minimum atomic E-state index is 0.180. The maximum atomic E-state index is 5.62. The van der Waals surface area contributed by atoms with Crippen LogP contribution in [0.2, 0.25) is 0 Å². The van der Waals surface area contributed by atoms with Crippen molar-refractivity contribution in [1.82, 2.24) is 0 Å². The third kappa shape index (κ3) is 2.49. The van der Waals surface area contributed by atoms with Gasteiger partial charge in [0.25, 0.3) is 0 Å². The summed E-state index contributed by atoms with van der Waals surface area (Å²) in [6.07, 6.45) is 0.180. The van der Waals surface area contributed by atoms with Crippen LogP contribution >= 0.6 is 0 Å². The van der Waals surface area contributed by atoms with E-state index in [1.54, 1.807) is 0 Å². The molecular formula is C12H18N2O. The average Bonchev–Trinajstić information content (AvgIpc) is 2.29. The van der Waals surface area contributed by atoms with Crippen molar-refractivity contribution in [1.29, 1.82) is 0 Å². The highest BCUT2D eigenvalue weighted by Crippen LogP contribution is 2.18. The van der Waals surface area contributed by atoms with Gasteiger partial charge < -0.3 is 15.4 Å². The normalized spacial score (nSPS) is 21.7. The monoisotopic (exact) mass is 206 g/mol. The Kier molecular flexibility index (Phi) is 3.23. The van der Waals surface area contributed by atoms with E-state index in [9.17, 15) is 0 Å². The summed E-state index contributed by atoms with van der Waals surface area (Å²) in [5, 5.41) is 0. The molecule has 0 amide bonds. The number of hydrogen-bond donors (Lipinski definition) is 1. The Labute approximate surface area is 90.8 Å². The molecule has 0 saturated carbocycles. The summed E-state index contributed by atoms with van der Waals surface area (Å²) >= 11 is 0.